The third-order valence-electron chi connectivity index (χ3n) is 3.61. The molecule has 22 heavy (non-hydrogen) atoms. The average Bonchev–Trinajstić information content (AvgIpc) is 2.96. The fourth-order valence-electron chi connectivity index (χ4n) is 2.34. The molecule has 0 spiro atoms. The molecule has 1 aliphatic heterocycles. The zero-order valence-corrected chi connectivity index (χ0v) is 12.9. The number of aromatic nitrogens is 1. The molecule has 0 aliphatic carbocycles. The van der Waals surface area contributed by atoms with Gasteiger partial charge in [-0.05, 0) is 18.1 Å². The van der Waals surface area contributed by atoms with E-state index in [0.29, 0.717) is 19.6 Å². The fraction of sp³-hybridized carbons (Fsp3) is 0.353. The maximum Gasteiger partial charge on any atom is 0.250 e. The zero-order valence-electron chi connectivity index (χ0n) is 12.1. The van der Waals surface area contributed by atoms with E-state index in [1.165, 1.54) is 11.3 Å². The Morgan fingerprint density at radius 3 is 2.59 bits per heavy atom. The van der Waals surface area contributed by atoms with Crippen molar-refractivity contribution in [1.82, 2.24) is 9.88 Å². The molecule has 114 valence electrons. The number of hydrogen-bond acceptors (Lipinski definition) is 3. The third-order valence-corrected chi connectivity index (χ3v) is 4.51. The van der Waals surface area contributed by atoms with Crippen LogP contribution in [0.25, 0.3) is 0 Å². The Balaban J connectivity index is 1.59. The summed E-state index contributed by atoms with van der Waals surface area (Å²) in [4.78, 5) is 7.42. The molecule has 0 unspecified atom stereocenters. The maximum absolute atomic E-state index is 13.1. The molecule has 1 aromatic carbocycles. The van der Waals surface area contributed by atoms with E-state index in [1.54, 1.807) is 6.20 Å². The summed E-state index contributed by atoms with van der Waals surface area (Å²) in [5, 5.41) is 0.765. The molecule has 0 radical (unpaired) electrons. The monoisotopic (exact) mass is 318 g/mol. The van der Waals surface area contributed by atoms with Crippen LogP contribution in [0.3, 0.4) is 0 Å². The maximum atomic E-state index is 13.1. The molecule has 0 amide bonds. The number of likely N-dealkylation sites (tertiary alicyclic amines) is 1. The van der Waals surface area contributed by atoms with Crippen molar-refractivity contribution in [2.75, 3.05) is 13.1 Å². The van der Waals surface area contributed by atoms with Crippen LogP contribution in [0.2, 0.25) is 0 Å². The lowest BCUT2D eigenvalue weighted by Crippen LogP contribution is -2.38. The molecule has 2 aromatic rings. The van der Waals surface area contributed by atoms with Crippen molar-refractivity contribution in [2.24, 2.45) is 0 Å². The number of piperidine rings is 1. The van der Waals surface area contributed by atoms with E-state index in [0.717, 1.165) is 15.4 Å². The van der Waals surface area contributed by atoms with Crippen molar-refractivity contribution in [3.05, 3.63) is 52.0 Å². The van der Waals surface area contributed by atoms with E-state index >= 15 is 0 Å². The molecule has 1 aromatic heterocycles. The molecule has 1 aliphatic rings. The van der Waals surface area contributed by atoms with Crippen LogP contribution in [0.15, 0.2) is 36.5 Å². The van der Waals surface area contributed by atoms with Crippen LogP contribution in [0.5, 0.6) is 0 Å². The quantitative estimate of drug-likeness (QED) is 0.784. The normalized spacial score (nSPS) is 17.7. The lowest BCUT2D eigenvalue weighted by atomic mass is 10.1. The molecule has 3 rings (SSSR count). The summed E-state index contributed by atoms with van der Waals surface area (Å²) in [5.74, 6) is 3.63. The molecule has 5 heteroatoms. The van der Waals surface area contributed by atoms with Crippen molar-refractivity contribution >= 4 is 11.3 Å². The van der Waals surface area contributed by atoms with Gasteiger partial charge in [0.15, 0.2) is 5.01 Å². The Morgan fingerprint density at radius 2 is 1.86 bits per heavy atom. The van der Waals surface area contributed by atoms with E-state index in [1.807, 2.05) is 30.3 Å². The molecule has 0 bridgehead atoms. The second-order valence-corrected chi connectivity index (χ2v) is 6.50. The lowest BCUT2D eigenvalue weighted by molar-refractivity contribution is -0.0564. The number of benzene rings is 1. The van der Waals surface area contributed by atoms with Gasteiger partial charge in [-0.3, -0.25) is 4.90 Å². The summed E-state index contributed by atoms with van der Waals surface area (Å²) in [7, 11) is 0. The van der Waals surface area contributed by atoms with Crippen LogP contribution in [-0.2, 0) is 6.54 Å². The van der Waals surface area contributed by atoms with Gasteiger partial charge < -0.3 is 0 Å². The third kappa shape index (κ3) is 4.12. The van der Waals surface area contributed by atoms with Gasteiger partial charge in [0.25, 0.3) is 5.92 Å². The predicted octanol–water partition coefficient (Wildman–Crippen LogP) is 3.77. The standard InChI is InChI=1S/C17H16F2N2S/c18-17(19)8-10-21(11-9-17)13-15-12-20-16(22-15)7-6-14-4-2-1-3-5-14/h1-5,12H,8-11,13H2. The number of thiazole rings is 1. The summed E-state index contributed by atoms with van der Waals surface area (Å²) in [6, 6.07) is 9.76. The first kappa shape index (κ1) is 15.1. The second kappa shape index (κ2) is 6.55. The van der Waals surface area contributed by atoms with Crippen LogP contribution in [0.1, 0.15) is 28.3 Å². The molecule has 0 atom stereocenters. The van der Waals surface area contributed by atoms with Gasteiger partial charge >= 0.3 is 0 Å². The number of alkyl halides is 2. The Morgan fingerprint density at radius 1 is 1.14 bits per heavy atom. The molecule has 1 fully saturated rings. The number of hydrogen-bond donors (Lipinski definition) is 0. The Labute approximate surface area is 132 Å². The van der Waals surface area contributed by atoms with E-state index in [9.17, 15) is 8.78 Å². The van der Waals surface area contributed by atoms with Crippen molar-refractivity contribution in [2.45, 2.75) is 25.3 Å². The van der Waals surface area contributed by atoms with Crippen molar-refractivity contribution in [3.63, 3.8) is 0 Å². The first-order chi connectivity index (χ1) is 10.6. The van der Waals surface area contributed by atoms with Gasteiger partial charge in [-0.25, -0.2) is 13.8 Å². The molecular weight excluding hydrogens is 302 g/mol. The van der Waals surface area contributed by atoms with Gasteiger partial charge in [-0.15, -0.1) is 11.3 Å². The van der Waals surface area contributed by atoms with Gasteiger partial charge in [-0.2, -0.15) is 0 Å². The van der Waals surface area contributed by atoms with Crippen LogP contribution in [0.4, 0.5) is 8.78 Å². The lowest BCUT2D eigenvalue weighted by Gasteiger charge is -2.31. The number of nitrogens with zero attached hydrogens (tertiary/aromatic N) is 2. The molecule has 0 saturated carbocycles. The Kier molecular flexibility index (Phi) is 4.51. The molecule has 1 saturated heterocycles. The van der Waals surface area contributed by atoms with Crippen molar-refractivity contribution < 1.29 is 8.78 Å². The van der Waals surface area contributed by atoms with Crippen LogP contribution in [0, 0.1) is 11.8 Å². The minimum absolute atomic E-state index is 0.0491. The Bertz CT molecular complexity index is 675. The van der Waals surface area contributed by atoms with Gasteiger partial charge in [0.05, 0.1) is 0 Å². The molecular formula is C17H16F2N2S. The van der Waals surface area contributed by atoms with Gasteiger partial charge in [-0.1, -0.05) is 24.1 Å². The topological polar surface area (TPSA) is 16.1 Å². The van der Waals surface area contributed by atoms with Crippen LogP contribution in [-0.4, -0.2) is 28.9 Å². The summed E-state index contributed by atoms with van der Waals surface area (Å²) in [6.07, 6.45) is 1.70. The van der Waals surface area contributed by atoms with Crippen molar-refractivity contribution in [1.29, 1.82) is 0 Å². The van der Waals surface area contributed by atoms with E-state index in [4.69, 9.17) is 0 Å². The minimum Gasteiger partial charge on any atom is -0.298 e. The highest BCUT2D eigenvalue weighted by atomic mass is 32.1. The Hall–Kier alpha value is -1.77. The summed E-state index contributed by atoms with van der Waals surface area (Å²) in [5.41, 5.74) is 0.956. The smallest absolute Gasteiger partial charge is 0.250 e. The summed E-state index contributed by atoms with van der Waals surface area (Å²) >= 11 is 1.53. The summed E-state index contributed by atoms with van der Waals surface area (Å²) < 4.78 is 26.3. The zero-order chi connectivity index (χ0) is 15.4. The predicted molar refractivity (Wildman–Crippen MR) is 84.0 cm³/mol. The molecule has 2 nitrogen and oxygen atoms in total. The van der Waals surface area contributed by atoms with Crippen molar-refractivity contribution in [3.8, 4) is 11.8 Å². The van der Waals surface area contributed by atoms with Gasteiger partial charge in [0.1, 0.15) is 0 Å². The minimum atomic E-state index is -2.49. The van der Waals surface area contributed by atoms with Crippen LogP contribution < -0.4 is 0 Å². The molecule has 2 heterocycles. The first-order valence-electron chi connectivity index (χ1n) is 7.23. The van der Waals surface area contributed by atoms with E-state index < -0.39 is 5.92 Å². The van der Waals surface area contributed by atoms with E-state index in [-0.39, 0.29) is 12.8 Å². The number of halogens is 2. The summed E-state index contributed by atoms with van der Waals surface area (Å²) in [6.45, 7) is 1.56. The highest BCUT2D eigenvalue weighted by Gasteiger charge is 2.33. The molecule has 0 N–H and O–H groups in total. The van der Waals surface area contributed by atoms with Crippen LogP contribution >= 0.6 is 11.3 Å². The van der Waals surface area contributed by atoms with Gasteiger partial charge in [0.2, 0.25) is 0 Å². The highest BCUT2D eigenvalue weighted by Crippen LogP contribution is 2.28. The second-order valence-electron chi connectivity index (χ2n) is 5.38. The number of rotatable bonds is 2. The largest absolute Gasteiger partial charge is 0.298 e. The average molecular weight is 318 g/mol. The fourth-order valence-corrected chi connectivity index (χ4v) is 3.15. The first-order valence-corrected chi connectivity index (χ1v) is 8.04. The highest BCUT2D eigenvalue weighted by molar-refractivity contribution is 7.12. The SMILES string of the molecule is FC1(F)CCN(Cc2cnc(C#Cc3ccccc3)s2)CC1. The van der Waals surface area contributed by atoms with Gasteiger partial charge in [0, 0.05) is 49.1 Å². The van der Waals surface area contributed by atoms with E-state index in [2.05, 4.69) is 21.7 Å².